The number of hydrogen-bond acceptors (Lipinski definition) is 3. The van der Waals surface area contributed by atoms with Crippen LogP contribution in [0.2, 0.25) is 5.02 Å². The molecule has 2 N–H and O–H groups in total. The fourth-order valence-electron chi connectivity index (χ4n) is 3.60. The molecule has 5 aromatic rings. The number of nitrogens with one attached hydrogen (secondary N) is 2. The van der Waals surface area contributed by atoms with Gasteiger partial charge in [-0.25, -0.2) is 9.97 Å². The van der Waals surface area contributed by atoms with Crippen molar-refractivity contribution in [1.82, 2.24) is 15.0 Å². The summed E-state index contributed by atoms with van der Waals surface area (Å²) in [6.45, 7) is 2.12. The molecule has 5 rings (SSSR count). The summed E-state index contributed by atoms with van der Waals surface area (Å²) in [7, 11) is 0. The van der Waals surface area contributed by atoms with Gasteiger partial charge in [-0.15, -0.1) is 0 Å². The molecular weight excluding hydrogens is 428 g/mol. The predicted molar refractivity (Wildman–Crippen MR) is 135 cm³/mol. The molecule has 0 fully saturated rings. The Kier molecular flexibility index (Phi) is 5.80. The molecule has 2 aromatic heterocycles. The number of fused-ring (bicyclic) bond motifs is 1. The highest BCUT2D eigenvalue weighted by atomic mass is 35.5. The van der Waals surface area contributed by atoms with Gasteiger partial charge in [0.1, 0.15) is 5.69 Å². The van der Waals surface area contributed by atoms with Gasteiger partial charge < -0.3 is 10.3 Å². The van der Waals surface area contributed by atoms with E-state index in [-0.39, 0.29) is 6.04 Å². The average molecular weight is 449 g/mol. The molecule has 0 unspecified atom stereocenters. The van der Waals surface area contributed by atoms with Crippen LogP contribution in [-0.2, 0) is 0 Å². The van der Waals surface area contributed by atoms with Crippen LogP contribution in [0.15, 0.2) is 91.1 Å². The van der Waals surface area contributed by atoms with Crippen LogP contribution in [0.5, 0.6) is 0 Å². The predicted octanol–water partition coefficient (Wildman–Crippen LogP) is 6.85. The van der Waals surface area contributed by atoms with Crippen LogP contribution >= 0.6 is 11.6 Å². The van der Waals surface area contributed by atoms with Crippen molar-refractivity contribution in [3.8, 4) is 23.0 Å². The molecule has 5 heteroatoms. The van der Waals surface area contributed by atoms with E-state index in [9.17, 15) is 0 Å². The van der Waals surface area contributed by atoms with Crippen LogP contribution in [0, 0.1) is 11.8 Å². The first-order chi connectivity index (χ1) is 16.1. The molecule has 0 aliphatic rings. The van der Waals surface area contributed by atoms with Gasteiger partial charge in [0.05, 0.1) is 17.1 Å². The smallest absolute Gasteiger partial charge is 0.201 e. The topological polar surface area (TPSA) is 53.6 Å². The molecule has 0 aliphatic heterocycles. The van der Waals surface area contributed by atoms with E-state index in [1.807, 2.05) is 79.0 Å². The first kappa shape index (κ1) is 20.8. The first-order valence-electron chi connectivity index (χ1n) is 10.7. The molecule has 160 valence electrons. The summed E-state index contributed by atoms with van der Waals surface area (Å²) in [5, 5.41) is 4.15. The van der Waals surface area contributed by atoms with Crippen molar-refractivity contribution in [3.63, 3.8) is 0 Å². The number of pyridine rings is 1. The second-order valence-electron chi connectivity index (χ2n) is 7.78. The molecule has 0 bridgehead atoms. The highest BCUT2D eigenvalue weighted by Crippen LogP contribution is 2.22. The lowest BCUT2D eigenvalue weighted by molar-refractivity contribution is 0.869. The molecule has 33 heavy (non-hydrogen) atoms. The van der Waals surface area contributed by atoms with Crippen LogP contribution in [-0.4, -0.2) is 15.0 Å². The second-order valence-corrected chi connectivity index (χ2v) is 8.22. The fraction of sp³-hybridized carbons (Fsp3) is 0.0714. The molecule has 0 aliphatic carbocycles. The van der Waals surface area contributed by atoms with Crippen molar-refractivity contribution >= 4 is 28.6 Å². The summed E-state index contributed by atoms with van der Waals surface area (Å²) in [5.74, 6) is 7.07. The molecule has 3 aromatic carbocycles. The number of rotatable bonds is 4. The molecule has 0 radical (unpaired) electrons. The van der Waals surface area contributed by atoms with Gasteiger partial charge in [-0.3, -0.25) is 0 Å². The van der Waals surface area contributed by atoms with E-state index in [4.69, 9.17) is 11.6 Å². The quantitative estimate of drug-likeness (QED) is 0.295. The van der Waals surface area contributed by atoms with Crippen molar-refractivity contribution in [1.29, 1.82) is 0 Å². The molecule has 2 heterocycles. The number of imidazole rings is 1. The maximum Gasteiger partial charge on any atom is 0.201 e. The molecule has 1 atom stereocenters. The van der Waals surface area contributed by atoms with Crippen LogP contribution in [0.3, 0.4) is 0 Å². The number of halogens is 1. The third-order valence-electron chi connectivity index (χ3n) is 5.41. The molecule has 4 nitrogen and oxygen atoms in total. The zero-order chi connectivity index (χ0) is 22.6. The van der Waals surface area contributed by atoms with E-state index in [1.165, 1.54) is 5.56 Å². The molecule has 0 saturated heterocycles. The van der Waals surface area contributed by atoms with E-state index in [0.717, 1.165) is 38.7 Å². The van der Waals surface area contributed by atoms with Gasteiger partial charge in [0, 0.05) is 22.3 Å². The van der Waals surface area contributed by atoms with Gasteiger partial charge in [0.2, 0.25) is 5.95 Å². The van der Waals surface area contributed by atoms with Gasteiger partial charge in [-0.1, -0.05) is 66.1 Å². The SMILES string of the molecule is C[C@H](Nc1nc2cc(C#Cc3ccc(-c4ccc(Cl)cc4)cn3)ccc2[nH]1)c1ccccc1. The highest BCUT2D eigenvalue weighted by molar-refractivity contribution is 6.30. The van der Waals surface area contributed by atoms with Gasteiger partial charge >= 0.3 is 0 Å². The van der Waals surface area contributed by atoms with Crippen LogP contribution in [0.25, 0.3) is 22.2 Å². The largest absolute Gasteiger partial charge is 0.349 e. The summed E-state index contributed by atoms with van der Waals surface area (Å²) in [5.41, 5.74) is 6.75. The Balaban J connectivity index is 1.31. The minimum Gasteiger partial charge on any atom is -0.349 e. The van der Waals surface area contributed by atoms with E-state index in [0.29, 0.717) is 5.69 Å². The van der Waals surface area contributed by atoms with Gasteiger partial charge in [0.15, 0.2) is 0 Å². The normalized spacial score (nSPS) is 11.6. The molecule has 0 spiro atoms. The Morgan fingerprint density at radius 2 is 1.67 bits per heavy atom. The van der Waals surface area contributed by atoms with Crippen molar-refractivity contribution in [2.24, 2.45) is 0 Å². The maximum absolute atomic E-state index is 5.97. The highest BCUT2D eigenvalue weighted by Gasteiger charge is 2.08. The Morgan fingerprint density at radius 1 is 0.879 bits per heavy atom. The second kappa shape index (κ2) is 9.20. The molecular formula is C28H21ClN4. The van der Waals surface area contributed by atoms with Gasteiger partial charge in [0.25, 0.3) is 0 Å². The number of nitrogens with zero attached hydrogens (tertiary/aromatic N) is 2. The van der Waals surface area contributed by atoms with E-state index in [2.05, 4.69) is 51.2 Å². The van der Waals surface area contributed by atoms with Gasteiger partial charge in [-0.05, 0) is 60.4 Å². The number of anilines is 1. The summed E-state index contributed by atoms with van der Waals surface area (Å²) in [4.78, 5) is 12.5. The van der Waals surface area contributed by atoms with E-state index < -0.39 is 0 Å². The lowest BCUT2D eigenvalue weighted by atomic mass is 10.1. The lowest BCUT2D eigenvalue weighted by Crippen LogP contribution is -2.07. The minimum atomic E-state index is 0.146. The molecule has 0 saturated carbocycles. The zero-order valence-corrected chi connectivity index (χ0v) is 18.8. The standard InChI is InChI=1S/C28H21ClN4/c1-19(21-5-3-2-4-6-21)31-28-32-26-16-8-20(17-27(26)33-28)7-14-25-15-11-23(18-30-25)22-9-12-24(29)13-10-22/h2-6,8-13,15-19H,1H3,(H2,31,32,33)/t19-/m0/s1. The van der Waals surface area contributed by atoms with Gasteiger partial charge in [-0.2, -0.15) is 0 Å². The van der Waals surface area contributed by atoms with E-state index >= 15 is 0 Å². The van der Waals surface area contributed by atoms with Crippen LogP contribution in [0.4, 0.5) is 5.95 Å². The average Bonchev–Trinajstić information content (AvgIpc) is 3.25. The molecule has 0 amide bonds. The number of benzene rings is 3. The van der Waals surface area contributed by atoms with Crippen LogP contribution in [0.1, 0.15) is 29.8 Å². The number of aromatic nitrogens is 3. The third kappa shape index (κ3) is 4.90. The Hall–Kier alpha value is -4.07. The van der Waals surface area contributed by atoms with Crippen molar-refractivity contribution < 1.29 is 0 Å². The van der Waals surface area contributed by atoms with Crippen molar-refractivity contribution in [2.75, 3.05) is 5.32 Å². The fourth-order valence-corrected chi connectivity index (χ4v) is 3.73. The Morgan fingerprint density at radius 3 is 2.42 bits per heavy atom. The van der Waals surface area contributed by atoms with E-state index in [1.54, 1.807) is 0 Å². The van der Waals surface area contributed by atoms with Crippen molar-refractivity contribution in [3.05, 3.63) is 113 Å². The Bertz CT molecular complexity index is 1440. The zero-order valence-electron chi connectivity index (χ0n) is 18.0. The third-order valence-corrected chi connectivity index (χ3v) is 5.66. The van der Waals surface area contributed by atoms with Crippen molar-refractivity contribution in [2.45, 2.75) is 13.0 Å². The summed E-state index contributed by atoms with van der Waals surface area (Å²) in [6.07, 6.45) is 1.83. The summed E-state index contributed by atoms with van der Waals surface area (Å²) in [6, 6.07) is 28.1. The first-order valence-corrected chi connectivity index (χ1v) is 11.1. The lowest BCUT2D eigenvalue weighted by Gasteiger charge is -2.12. The summed E-state index contributed by atoms with van der Waals surface area (Å²) >= 11 is 5.97. The number of hydrogen-bond donors (Lipinski definition) is 2. The Labute approximate surface area is 197 Å². The number of H-pyrrole nitrogens is 1. The summed E-state index contributed by atoms with van der Waals surface area (Å²) < 4.78 is 0. The monoisotopic (exact) mass is 448 g/mol. The number of aromatic amines is 1. The maximum atomic E-state index is 5.97. The van der Waals surface area contributed by atoms with Crippen LogP contribution < -0.4 is 5.32 Å². The minimum absolute atomic E-state index is 0.146.